The molecule has 0 radical (unpaired) electrons. The Balaban J connectivity index is 2.05. The highest BCUT2D eigenvalue weighted by molar-refractivity contribution is 14.1. The fraction of sp³-hybridized carbons (Fsp3) is 0.400. The van der Waals surface area contributed by atoms with Crippen LogP contribution in [0.1, 0.15) is 43.0 Å². The third-order valence-corrected chi connectivity index (χ3v) is 5.40. The molecule has 1 aliphatic carbocycles. The van der Waals surface area contributed by atoms with E-state index in [2.05, 4.69) is 32.6 Å². The largest absolute Gasteiger partial charge is 0.261 e. The molecule has 20 heavy (non-hydrogen) atoms. The van der Waals surface area contributed by atoms with Crippen molar-refractivity contribution in [1.82, 2.24) is 15.0 Å². The van der Waals surface area contributed by atoms with Gasteiger partial charge in [-0.3, -0.25) is 4.98 Å². The van der Waals surface area contributed by atoms with Crippen LogP contribution in [0.25, 0.3) is 11.4 Å². The summed E-state index contributed by atoms with van der Waals surface area (Å²) in [6, 6.07) is 3.97. The van der Waals surface area contributed by atoms with Crippen LogP contribution in [0.2, 0.25) is 5.15 Å². The average molecular weight is 400 g/mol. The van der Waals surface area contributed by atoms with Crippen LogP contribution in [0.3, 0.4) is 0 Å². The van der Waals surface area contributed by atoms with Crippen molar-refractivity contribution in [3.63, 3.8) is 0 Å². The SMILES string of the molecule is Cc1ccc(-c2nc(Cl)c(I)c(C3CCCC3)n2)cn1. The number of aryl methyl sites for hydroxylation is 1. The first-order valence-electron chi connectivity index (χ1n) is 6.81. The Morgan fingerprint density at radius 1 is 1.20 bits per heavy atom. The first-order valence-corrected chi connectivity index (χ1v) is 8.27. The summed E-state index contributed by atoms with van der Waals surface area (Å²) in [5.74, 6) is 1.21. The van der Waals surface area contributed by atoms with Crippen LogP contribution < -0.4 is 0 Å². The van der Waals surface area contributed by atoms with Gasteiger partial charge in [-0.15, -0.1) is 0 Å². The number of nitrogens with zero attached hydrogens (tertiary/aromatic N) is 3. The maximum Gasteiger partial charge on any atom is 0.162 e. The van der Waals surface area contributed by atoms with Crippen LogP contribution >= 0.6 is 34.2 Å². The van der Waals surface area contributed by atoms with Gasteiger partial charge in [0.25, 0.3) is 0 Å². The van der Waals surface area contributed by atoms with E-state index in [1.807, 2.05) is 25.3 Å². The second-order valence-electron chi connectivity index (χ2n) is 5.21. The summed E-state index contributed by atoms with van der Waals surface area (Å²) >= 11 is 8.56. The van der Waals surface area contributed by atoms with Crippen LogP contribution in [-0.2, 0) is 0 Å². The average Bonchev–Trinajstić information content (AvgIpc) is 2.96. The molecule has 0 amide bonds. The van der Waals surface area contributed by atoms with Gasteiger partial charge in [-0.2, -0.15) is 0 Å². The van der Waals surface area contributed by atoms with E-state index < -0.39 is 0 Å². The smallest absolute Gasteiger partial charge is 0.162 e. The zero-order chi connectivity index (χ0) is 14.1. The van der Waals surface area contributed by atoms with Crippen LogP contribution in [0.15, 0.2) is 18.3 Å². The van der Waals surface area contributed by atoms with E-state index in [1.54, 1.807) is 0 Å². The lowest BCUT2D eigenvalue weighted by atomic mass is 10.0. The Hall–Kier alpha value is -0.750. The molecule has 0 bridgehead atoms. The third-order valence-electron chi connectivity index (χ3n) is 3.75. The second-order valence-corrected chi connectivity index (χ2v) is 6.64. The molecule has 1 fully saturated rings. The quantitative estimate of drug-likeness (QED) is 0.540. The number of halogens is 2. The monoisotopic (exact) mass is 399 g/mol. The predicted octanol–water partition coefficient (Wildman–Crippen LogP) is 4.76. The predicted molar refractivity (Wildman–Crippen MR) is 88.9 cm³/mol. The van der Waals surface area contributed by atoms with E-state index in [9.17, 15) is 0 Å². The fourth-order valence-corrected chi connectivity index (χ4v) is 3.49. The standard InChI is InChI=1S/C15H15ClIN3/c1-9-6-7-11(8-18-9)15-19-13(10-4-2-3-5-10)12(17)14(16)20-15/h6-8,10H,2-5H2,1H3. The number of rotatable bonds is 2. The number of hydrogen-bond acceptors (Lipinski definition) is 3. The zero-order valence-electron chi connectivity index (χ0n) is 11.2. The molecule has 0 atom stereocenters. The highest BCUT2D eigenvalue weighted by Crippen LogP contribution is 2.37. The van der Waals surface area contributed by atoms with E-state index >= 15 is 0 Å². The number of pyridine rings is 1. The summed E-state index contributed by atoms with van der Waals surface area (Å²) < 4.78 is 1.000. The Morgan fingerprint density at radius 3 is 2.60 bits per heavy atom. The maximum atomic E-state index is 6.30. The number of hydrogen-bond donors (Lipinski definition) is 0. The van der Waals surface area contributed by atoms with E-state index in [1.165, 1.54) is 25.7 Å². The minimum absolute atomic E-state index is 0.527. The Kier molecular flexibility index (Phi) is 4.21. The van der Waals surface area contributed by atoms with Crippen molar-refractivity contribution in [2.45, 2.75) is 38.5 Å². The molecule has 104 valence electrons. The topological polar surface area (TPSA) is 38.7 Å². The van der Waals surface area contributed by atoms with Crippen LogP contribution in [-0.4, -0.2) is 15.0 Å². The molecule has 0 N–H and O–H groups in total. The van der Waals surface area contributed by atoms with Crippen molar-refractivity contribution in [2.24, 2.45) is 0 Å². The summed E-state index contributed by atoms with van der Waals surface area (Å²) in [6.45, 7) is 1.97. The van der Waals surface area contributed by atoms with Crippen molar-refractivity contribution in [2.75, 3.05) is 0 Å². The highest BCUT2D eigenvalue weighted by Gasteiger charge is 2.23. The molecule has 0 unspecified atom stereocenters. The van der Waals surface area contributed by atoms with Crippen LogP contribution in [0.4, 0.5) is 0 Å². The van der Waals surface area contributed by atoms with Crippen molar-refractivity contribution in [1.29, 1.82) is 0 Å². The Morgan fingerprint density at radius 2 is 1.95 bits per heavy atom. The normalized spacial score (nSPS) is 15.8. The van der Waals surface area contributed by atoms with Crippen molar-refractivity contribution in [3.05, 3.63) is 38.4 Å². The summed E-state index contributed by atoms with van der Waals surface area (Å²) in [5.41, 5.74) is 3.02. The molecule has 2 heterocycles. The minimum Gasteiger partial charge on any atom is -0.261 e. The van der Waals surface area contributed by atoms with Gasteiger partial charge in [-0.05, 0) is 54.5 Å². The maximum absolute atomic E-state index is 6.30. The van der Waals surface area contributed by atoms with Gasteiger partial charge in [-0.25, -0.2) is 9.97 Å². The van der Waals surface area contributed by atoms with Crippen molar-refractivity contribution in [3.8, 4) is 11.4 Å². The minimum atomic E-state index is 0.527. The third kappa shape index (κ3) is 2.81. The summed E-state index contributed by atoms with van der Waals surface area (Å²) in [5, 5.41) is 0.554. The summed E-state index contributed by atoms with van der Waals surface area (Å²) in [7, 11) is 0. The molecule has 0 spiro atoms. The van der Waals surface area contributed by atoms with Gasteiger partial charge in [0, 0.05) is 23.4 Å². The first-order chi connectivity index (χ1) is 9.65. The van der Waals surface area contributed by atoms with E-state index in [0.29, 0.717) is 16.9 Å². The van der Waals surface area contributed by atoms with Gasteiger partial charge in [0.05, 0.1) is 9.26 Å². The van der Waals surface area contributed by atoms with Gasteiger partial charge in [0.2, 0.25) is 0 Å². The second kappa shape index (κ2) is 5.93. The van der Waals surface area contributed by atoms with Gasteiger partial charge in [0.1, 0.15) is 5.15 Å². The Labute approximate surface area is 137 Å². The first kappa shape index (κ1) is 14.2. The van der Waals surface area contributed by atoms with E-state index in [0.717, 1.165) is 20.5 Å². The molecule has 2 aromatic rings. The van der Waals surface area contributed by atoms with Crippen molar-refractivity contribution >= 4 is 34.2 Å². The van der Waals surface area contributed by atoms with Gasteiger partial charge in [0.15, 0.2) is 5.82 Å². The lowest BCUT2D eigenvalue weighted by Gasteiger charge is -2.13. The molecule has 1 saturated carbocycles. The molecule has 5 heteroatoms. The highest BCUT2D eigenvalue weighted by atomic mass is 127. The fourth-order valence-electron chi connectivity index (χ4n) is 2.63. The molecular weight excluding hydrogens is 385 g/mol. The van der Waals surface area contributed by atoms with Crippen molar-refractivity contribution < 1.29 is 0 Å². The van der Waals surface area contributed by atoms with Gasteiger partial charge >= 0.3 is 0 Å². The zero-order valence-corrected chi connectivity index (χ0v) is 14.1. The molecule has 0 saturated heterocycles. The molecule has 0 aliphatic heterocycles. The summed E-state index contributed by atoms with van der Waals surface area (Å²) in [6.07, 6.45) is 6.78. The molecule has 3 rings (SSSR count). The van der Waals surface area contributed by atoms with Crippen LogP contribution in [0, 0.1) is 10.5 Å². The van der Waals surface area contributed by atoms with E-state index in [-0.39, 0.29) is 0 Å². The molecule has 3 nitrogen and oxygen atoms in total. The summed E-state index contributed by atoms with van der Waals surface area (Å²) in [4.78, 5) is 13.5. The molecule has 2 aromatic heterocycles. The molecule has 0 aromatic carbocycles. The molecule has 1 aliphatic rings. The van der Waals surface area contributed by atoms with E-state index in [4.69, 9.17) is 16.6 Å². The Bertz CT molecular complexity index is 622. The lowest BCUT2D eigenvalue weighted by Crippen LogP contribution is -2.04. The van der Waals surface area contributed by atoms with Crippen LogP contribution in [0.5, 0.6) is 0 Å². The number of aromatic nitrogens is 3. The molecular formula is C15H15ClIN3. The lowest BCUT2D eigenvalue weighted by molar-refractivity contribution is 0.690. The van der Waals surface area contributed by atoms with Gasteiger partial charge in [-0.1, -0.05) is 24.4 Å². The van der Waals surface area contributed by atoms with Gasteiger partial charge < -0.3 is 0 Å².